The largest absolute Gasteiger partial charge is 0.271 e. The van der Waals surface area contributed by atoms with E-state index in [-0.39, 0.29) is 6.04 Å². The number of hydrogen-bond donors (Lipinski definition) is 2. The van der Waals surface area contributed by atoms with E-state index in [0.29, 0.717) is 0 Å². The number of hydrazine groups is 1. The minimum absolute atomic E-state index is 0.0394. The van der Waals surface area contributed by atoms with Crippen molar-refractivity contribution in [3.8, 4) is 0 Å². The molecule has 1 heterocycles. The highest BCUT2D eigenvalue weighted by atomic mass is 79.9. The Morgan fingerprint density at radius 2 is 2.12 bits per heavy atom. The molecular weight excluding hydrogens is 320 g/mol. The van der Waals surface area contributed by atoms with E-state index in [1.165, 1.54) is 16.9 Å². The normalized spacial score (nSPS) is 12.7. The molecule has 2 nitrogen and oxygen atoms in total. The number of aryl methyl sites for hydroxylation is 1. The van der Waals surface area contributed by atoms with Crippen LogP contribution in [0.15, 0.2) is 34.8 Å². The summed E-state index contributed by atoms with van der Waals surface area (Å²) in [5.74, 6) is 5.65. The molecule has 0 amide bonds. The Balaban J connectivity index is 2.42. The van der Waals surface area contributed by atoms with Crippen molar-refractivity contribution in [3.05, 3.63) is 55.1 Å². The number of thiophene rings is 1. The molecule has 1 atom stereocenters. The molecule has 1 unspecified atom stereocenters. The smallest absolute Gasteiger partial charge is 0.0931 e. The Kier molecular flexibility index (Phi) is 4.22. The first-order valence-corrected chi connectivity index (χ1v) is 7.08. The van der Waals surface area contributed by atoms with Crippen molar-refractivity contribution in [2.24, 2.45) is 5.84 Å². The quantitative estimate of drug-likeness (QED) is 0.658. The standard InChI is InChI=1S/C12H12BrClN2S/c1-7-2-3-8(9(13)6-7)12(16-15)10-4-5-11(14)17-10/h2-6,12,16H,15H2,1H3. The van der Waals surface area contributed by atoms with E-state index in [0.717, 1.165) is 19.2 Å². The third-order valence-corrected chi connectivity index (χ3v) is 4.49. The molecular formula is C12H12BrClN2S. The second-order valence-corrected chi connectivity index (χ2v) is 6.37. The second-order valence-electron chi connectivity index (χ2n) is 3.77. The van der Waals surface area contributed by atoms with Crippen molar-refractivity contribution < 1.29 is 0 Å². The molecule has 0 spiro atoms. The molecule has 0 aliphatic rings. The topological polar surface area (TPSA) is 38.0 Å². The van der Waals surface area contributed by atoms with Crippen LogP contribution < -0.4 is 11.3 Å². The number of benzene rings is 1. The SMILES string of the molecule is Cc1ccc(C(NN)c2ccc(Cl)s2)c(Br)c1. The van der Waals surface area contributed by atoms with Crippen molar-refractivity contribution in [3.63, 3.8) is 0 Å². The van der Waals surface area contributed by atoms with Crippen LogP contribution in [0.2, 0.25) is 4.34 Å². The summed E-state index contributed by atoms with van der Waals surface area (Å²) in [4.78, 5) is 1.10. The van der Waals surface area contributed by atoms with E-state index in [9.17, 15) is 0 Å². The number of nitrogens with one attached hydrogen (secondary N) is 1. The third-order valence-electron chi connectivity index (χ3n) is 2.51. The highest BCUT2D eigenvalue weighted by Crippen LogP contribution is 2.34. The third kappa shape index (κ3) is 2.89. The zero-order valence-corrected chi connectivity index (χ0v) is 12.4. The van der Waals surface area contributed by atoms with Crippen LogP contribution in [0.4, 0.5) is 0 Å². The summed E-state index contributed by atoms with van der Waals surface area (Å²) in [7, 11) is 0. The summed E-state index contributed by atoms with van der Waals surface area (Å²) in [5.41, 5.74) is 5.15. The summed E-state index contributed by atoms with van der Waals surface area (Å²) < 4.78 is 1.81. The molecule has 5 heteroatoms. The van der Waals surface area contributed by atoms with E-state index in [1.54, 1.807) is 0 Å². The zero-order valence-electron chi connectivity index (χ0n) is 9.21. The van der Waals surface area contributed by atoms with Gasteiger partial charge in [-0.1, -0.05) is 39.7 Å². The molecule has 90 valence electrons. The Bertz CT molecular complexity index is 527. The van der Waals surface area contributed by atoms with Crippen LogP contribution in [-0.4, -0.2) is 0 Å². The van der Waals surface area contributed by atoms with Crippen LogP contribution in [0.25, 0.3) is 0 Å². The van der Waals surface area contributed by atoms with Crippen LogP contribution in [0.3, 0.4) is 0 Å². The van der Waals surface area contributed by atoms with Crippen molar-refractivity contribution >= 4 is 38.9 Å². The molecule has 0 saturated carbocycles. The molecule has 17 heavy (non-hydrogen) atoms. The number of rotatable bonds is 3. The summed E-state index contributed by atoms with van der Waals surface area (Å²) in [6, 6.07) is 10.0. The van der Waals surface area contributed by atoms with Gasteiger partial charge in [0.15, 0.2) is 0 Å². The minimum Gasteiger partial charge on any atom is -0.271 e. The Morgan fingerprint density at radius 1 is 1.35 bits per heavy atom. The van der Waals surface area contributed by atoms with Gasteiger partial charge in [0.2, 0.25) is 0 Å². The van der Waals surface area contributed by atoms with Gasteiger partial charge in [0.25, 0.3) is 0 Å². The van der Waals surface area contributed by atoms with Gasteiger partial charge < -0.3 is 0 Å². The lowest BCUT2D eigenvalue weighted by Crippen LogP contribution is -2.28. The maximum absolute atomic E-state index is 5.95. The predicted molar refractivity (Wildman–Crippen MR) is 77.4 cm³/mol. The van der Waals surface area contributed by atoms with E-state index >= 15 is 0 Å². The summed E-state index contributed by atoms with van der Waals surface area (Å²) in [5, 5.41) is 0. The maximum atomic E-state index is 5.95. The van der Waals surface area contributed by atoms with Gasteiger partial charge >= 0.3 is 0 Å². The molecule has 3 N–H and O–H groups in total. The molecule has 1 aromatic carbocycles. The molecule has 0 aliphatic heterocycles. The fourth-order valence-electron chi connectivity index (χ4n) is 1.67. The maximum Gasteiger partial charge on any atom is 0.0931 e. The van der Waals surface area contributed by atoms with Gasteiger partial charge in [-0.25, -0.2) is 5.43 Å². The molecule has 2 aromatic rings. The van der Waals surface area contributed by atoms with Crippen molar-refractivity contribution in [1.82, 2.24) is 5.43 Å². The first kappa shape index (κ1) is 13.1. The highest BCUT2D eigenvalue weighted by molar-refractivity contribution is 9.10. The van der Waals surface area contributed by atoms with Gasteiger partial charge in [0.1, 0.15) is 0 Å². The molecule has 0 aliphatic carbocycles. The van der Waals surface area contributed by atoms with Crippen molar-refractivity contribution in [1.29, 1.82) is 0 Å². The molecule has 1 aromatic heterocycles. The van der Waals surface area contributed by atoms with Crippen LogP contribution in [0.5, 0.6) is 0 Å². The fraction of sp³-hybridized carbons (Fsp3) is 0.167. The first-order chi connectivity index (χ1) is 8.11. The van der Waals surface area contributed by atoms with Crippen molar-refractivity contribution in [2.45, 2.75) is 13.0 Å². The van der Waals surface area contributed by atoms with Gasteiger partial charge in [-0.15, -0.1) is 11.3 Å². The van der Waals surface area contributed by atoms with Crippen LogP contribution in [0, 0.1) is 6.92 Å². The molecule has 0 fully saturated rings. The Labute approximate surface area is 118 Å². The Hall–Kier alpha value is -0.390. The fourth-order valence-corrected chi connectivity index (χ4v) is 3.54. The van der Waals surface area contributed by atoms with E-state index in [2.05, 4.69) is 46.5 Å². The van der Waals surface area contributed by atoms with Gasteiger partial charge in [-0.3, -0.25) is 5.84 Å². The van der Waals surface area contributed by atoms with Gasteiger partial charge in [-0.2, -0.15) is 0 Å². The average Bonchev–Trinajstić information content (AvgIpc) is 2.69. The molecule has 0 bridgehead atoms. The number of halogens is 2. The predicted octanol–water partition coefficient (Wildman–Crippen LogP) is 4.03. The van der Waals surface area contributed by atoms with Crippen molar-refractivity contribution in [2.75, 3.05) is 0 Å². The van der Waals surface area contributed by atoms with Gasteiger partial charge in [0.05, 0.1) is 10.4 Å². The molecule has 0 radical (unpaired) electrons. The first-order valence-electron chi connectivity index (χ1n) is 5.09. The second kappa shape index (κ2) is 5.50. The summed E-state index contributed by atoms with van der Waals surface area (Å²) in [6.07, 6.45) is 0. The van der Waals surface area contributed by atoms with Crippen LogP contribution in [-0.2, 0) is 0 Å². The van der Waals surface area contributed by atoms with Gasteiger partial charge in [0, 0.05) is 9.35 Å². The number of nitrogens with two attached hydrogens (primary N) is 1. The van der Waals surface area contributed by atoms with E-state index in [1.807, 2.05) is 12.1 Å². The average molecular weight is 332 g/mol. The van der Waals surface area contributed by atoms with E-state index < -0.39 is 0 Å². The summed E-state index contributed by atoms with van der Waals surface area (Å²) in [6.45, 7) is 2.06. The monoisotopic (exact) mass is 330 g/mol. The van der Waals surface area contributed by atoms with Crippen LogP contribution >= 0.6 is 38.9 Å². The minimum atomic E-state index is -0.0394. The van der Waals surface area contributed by atoms with Crippen LogP contribution in [0.1, 0.15) is 22.0 Å². The summed E-state index contributed by atoms with van der Waals surface area (Å²) >= 11 is 11.1. The lowest BCUT2D eigenvalue weighted by Gasteiger charge is -2.16. The van der Waals surface area contributed by atoms with E-state index in [4.69, 9.17) is 17.4 Å². The lowest BCUT2D eigenvalue weighted by molar-refractivity contribution is 0.644. The zero-order chi connectivity index (χ0) is 12.4. The number of hydrogen-bond acceptors (Lipinski definition) is 3. The molecule has 2 rings (SSSR count). The van der Waals surface area contributed by atoms with Gasteiger partial charge in [-0.05, 0) is 36.2 Å². The highest BCUT2D eigenvalue weighted by Gasteiger charge is 2.17. The Morgan fingerprint density at radius 3 is 2.65 bits per heavy atom. The molecule has 0 saturated heterocycles. The lowest BCUT2D eigenvalue weighted by atomic mass is 10.0.